The lowest BCUT2D eigenvalue weighted by atomic mass is 9.90. The van der Waals surface area contributed by atoms with Gasteiger partial charge in [-0.25, -0.2) is 9.55 Å². The summed E-state index contributed by atoms with van der Waals surface area (Å²) in [4.78, 5) is 4.76. The average molecular weight is 674 g/mol. The molecule has 7 heteroatoms. The maximum Gasteiger partial charge on any atom is 0.438 e. The maximum absolute atomic E-state index is 15.3. The molecule has 5 nitrogen and oxygen atoms in total. The minimum atomic E-state index is -3.93. The van der Waals surface area contributed by atoms with Crippen LogP contribution in [0.5, 0.6) is 11.5 Å². The van der Waals surface area contributed by atoms with Gasteiger partial charge in [0, 0.05) is 10.4 Å². The number of hydrogen-bond donors (Lipinski definition) is 1. The van der Waals surface area contributed by atoms with Crippen molar-refractivity contribution in [2.75, 3.05) is 0 Å². The average Bonchev–Trinajstić information content (AvgIpc) is 3.08. The number of aliphatic hydroxyl groups is 1. The molecule has 0 unspecified atom stereocenters. The van der Waals surface area contributed by atoms with E-state index in [1.165, 1.54) is 0 Å². The van der Waals surface area contributed by atoms with Crippen molar-refractivity contribution in [3.8, 4) is 11.5 Å². The van der Waals surface area contributed by atoms with E-state index in [4.69, 9.17) is 25.6 Å². The Morgan fingerprint density at radius 3 is 2.10 bits per heavy atom. The molecule has 0 aliphatic heterocycles. The summed E-state index contributed by atoms with van der Waals surface area (Å²) in [6.07, 6.45) is 4.91. The van der Waals surface area contributed by atoms with Gasteiger partial charge in [0.25, 0.3) is 0 Å². The highest BCUT2D eigenvalue weighted by Crippen LogP contribution is 2.62. The van der Waals surface area contributed by atoms with Crippen molar-refractivity contribution in [1.82, 2.24) is 4.98 Å². The lowest BCUT2D eigenvalue weighted by molar-refractivity contribution is 0.0776. The Kier molecular flexibility index (Phi) is 10.1. The van der Waals surface area contributed by atoms with E-state index in [0.29, 0.717) is 29.4 Å². The minimum Gasteiger partial charge on any atom is -0.416 e. The molecule has 242 valence electrons. The number of para-hydroxylation sites is 2. The first kappa shape index (κ1) is 33.2. The van der Waals surface area contributed by atoms with Crippen LogP contribution in [0.2, 0.25) is 5.02 Å². The summed E-state index contributed by atoms with van der Waals surface area (Å²) in [7, 11) is -3.93. The monoisotopic (exact) mass is 673 g/mol. The van der Waals surface area contributed by atoms with Crippen molar-refractivity contribution in [3.63, 3.8) is 0 Å². The molecule has 0 radical (unpaired) electrons. The van der Waals surface area contributed by atoms with Crippen molar-refractivity contribution in [2.24, 2.45) is 0 Å². The van der Waals surface area contributed by atoms with Gasteiger partial charge in [-0.2, -0.15) is 0 Å². The summed E-state index contributed by atoms with van der Waals surface area (Å²) in [5.41, 5.74) is 3.44. The first-order valence-corrected chi connectivity index (χ1v) is 17.9. The van der Waals surface area contributed by atoms with E-state index in [1.54, 1.807) is 38.1 Å². The molecule has 48 heavy (non-hydrogen) atoms. The smallest absolute Gasteiger partial charge is 0.416 e. The quantitative estimate of drug-likeness (QED) is 0.131. The number of halogens is 1. The van der Waals surface area contributed by atoms with Gasteiger partial charge in [-0.3, -0.25) is 0 Å². The predicted octanol–water partition coefficient (Wildman–Crippen LogP) is 11.3. The van der Waals surface area contributed by atoms with Crippen molar-refractivity contribution in [2.45, 2.75) is 37.9 Å². The molecule has 0 spiro atoms. The Labute approximate surface area is 287 Å². The number of hydrogen-bond acceptors (Lipinski definition) is 5. The molecule has 0 aliphatic rings. The van der Waals surface area contributed by atoms with Crippen LogP contribution in [-0.4, -0.2) is 10.1 Å². The number of pyridine rings is 1. The number of aryl methyl sites for hydroxylation is 1. The van der Waals surface area contributed by atoms with Crippen molar-refractivity contribution < 1.29 is 18.7 Å². The lowest BCUT2D eigenvalue weighted by Crippen LogP contribution is -2.18. The van der Waals surface area contributed by atoms with Crippen LogP contribution >= 0.6 is 19.2 Å². The molecular weight excluding hydrogens is 637 g/mol. The molecule has 6 aromatic rings. The highest BCUT2D eigenvalue weighted by atomic mass is 35.5. The standard InChI is InChI=1S/C41H37ClNO4P/c1-41(2,44)38-19-10-9-13-31(38)23-27-40(48(45,46-36-15-5-3-6-16-36)47-37-17-7-4-8-18-37)33-14-11-12-30(28-33)20-25-35-26-22-32-21-24-34(42)29-39(32)43-35/h3-22,24-26,28-29,40,44H,23,27H2,1-2H3/b25-20+/t40-/m0/s1. The molecule has 1 N–H and O–H groups in total. The normalized spacial score (nSPS) is 12.7. The fraction of sp³-hybridized carbons (Fsp3) is 0.146. The van der Waals surface area contributed by atoms with Crippen LogP contribution in [-0.2, 0) is 16.6 Å². The third-order valence-electron chi connectivity index (χ3n) is 8.11. The first-order valence-electron chi connectivity index (χ1n) is 15.9. The molecule has 5 aromatic carbocycles. The largest absolute Gasteiger partial charge is 0.438 e. The fourth-order valence-electron chi connectivity index (χ4n) is 5.79. The van der Waals surface area contributed by atoms with Gasteiger partial charge in [-0.1, -0.05) is 115 Å². The number of nitrogens with zero attached hydrogens (tertiary/aromatic N) is 1. The van der Waals surface area contributed by atoms with Crippen LogP contribution < -0.4 is 9.05 Å². The third-order valence-corrected chi connectivity index (χ3v) is 10.6. The molecule has 1 aromatic heterocycles. The van der Waals surface area contributed by atoms with Gasteiger partial charge in [-0.15, -0.1) is 0 Å². The SMILES string of the molecule is CC(C)(O)c1ccccc1CC[C@@H](c1cccc(/C=C/c2ccc3ccc(Cl)cc3n2)c1)P(=O)(Oc1ccccc1)Oc1ccccc1. The molecule has 6 rings (SSSR count). The zero-order valence-electron chi connectivity index (χ0n) is 26.9. The predicted molar refractivity (Wildman–Crippen MR) is 197 cm³/mol. The lowest BCUT2D eigenvalue weighted by Gasteiger charge is -2.29. The number of fused-ring (bicyclic) bond motifs is 1. The van der Waals surface area contributed by atoms with Crippen LogP contribution in [0.4, 0.5) is 0 Å². The second-order valence-corrected chi connectivity index (χ2v) is 14.7. The summed E-state index contributed by atoms with van der Waals surface area (Å²) in [6.45, 7) is 3.56. The van der Waals surface area contributed by atoms with Crippen LogP contribution in [0.25, 0.3) is 23.1 Å². The Bertz CT molecular complexity index is 2030. The summed E-state index contributed by atoms with van der Waals surface area (Å²) >= 11 is 6.21. The summed E-state index contributed by atoms with van der Waals surface area (Å²) < 4.78 is 28.0. The Hall–Kier alpha value is -4.67. The Morgan fingerprint density at radius 2 is 1.42 bits per heavy atom. The molecule has 1 heterocycles. The van der Waals surface area contributed by atoms with E-state index in [9.17, 15) is 5.11 Å². The summed E-state index contributed by atoms with van der Waals surface area (Å²) in [5, 5.41) is 12.6. The van der Waals surface area contributed by atoms with Gasteiger partial charge in [0.15, 0.2) is 0 Å². The van der Waals surface area contributed by atoms with Crippen LogP contribution in [0.15, 0.2) is 140 Å². The van der Waals surface area contributed by atoms with Gasteiger partial charge in [0.2, 0.25) is 0 Å². The summed E-state index contributed by atoms with van der Waals surface area (Å²) in [6, 6.07) is 43.7. The second kappa shape index (κ2) is 14.6. The van der Waals surface area contributed by atoms with Crippen molar-refractivity contribution in [3.05, 3.63) is 172 Å². The van der Waals surface area contributed by atoms with E-state index in [2.05, 4.69) is 0 Å². The maximum atomic E-state index is 15.3. The van der Waals surface area contributed by atoms with Gasteiger partial charge in [0.05, 0.1) is 16.8 Å². The van der Waals surface area contributed by atoms with Crippen LogP contribution in [0.3, 0.4) is 0 Å². The molecule has 0 fully saturated rings. The zero-order chi connectivity index (χ0) is 33.6. The molecule has 0 saturated carbocycles. The molecule has 0 aliphatic carbocycles. The van der Waals surface area contributed by atoms with E-state index in [1.807, 2.05) is 127 Å². The zero-order valence-corrected chi connectivity index (χ0v) is 28.5. The molecule has 0 bridgehead atoms. The van der Waals surface area contributed by atoms with Crippen molar-refractivity contribution >= 4 is 42.3 Å². The third kappa shape index (κ3) is 8.24. The van der Waals surface area contributed by atoms with E-state index < -0.39 is 18.9 Å². The van der Waals surface area contributed by atoms with Crippen LogP contribution in [0, 0.1) is 0 Å². The molecule has 1 atom stereocenters. The molecule has 0 amide bonds. The summed E-state index contributed by atoms with van der Waals surface area (Å²) in [5.74, 6) is 0.911. The van der Waals surface area contributed by atoms with Gasteiger partial charge in [-0.05, 0) is 97.5 Å². The number of aromatic nitrogens is 1. The highest BCUT2D eigenvalue weighted by Gasteiger charge is 2.40. The second-order valence-electron chi connectivity index (χ2n) is 12.2. The molecular formula is C41H37ClNO4P. The number of rotatable bonds is 12. The Morgan fingerprint density at radius 1 is 0.771 bits per heavy atom. The van der Waals surface area contributed by atoms with E-state index >= 15 is 4.57 Å². The number of benzene rings is 5. The Balaban J connectivity index is 1.40. The van der Waals surface area contributed by atoms with Gasteiger partial charge < -0.3 is 14.2 Å². The first-order chi connectivity index (χ1) is 23.2. The van der Waals surface area contributed by atoms with Crippen molar-refractivity contribution in [1.29, 1.82) is 0 Å². The van der Waals surface area contributed by atoms with Gasteiger partial charge >= 0.3 is 7.60 Å². The topological polar surface area (TPSA) is 68.7 Å². The highest BCUT2D eigenvalue weighted by molar-refractivity contribution is 7.55. The fourth-order valence-corrected chi connectivity index (χ4v) is 8.05. The van der Waals surface area contributed by atoms with Crippen LogP contribution in [0.1, 0.15) is 53.9 Å². The minimum absolute atomic E-state index is 0.435. The van der Waals surface area contributed by atoms with E-state index in [0.717, 1.165) is 38.9 Å². The molecule has 0 saturated heterocycles. The van der Waals surface area contributed by atoms with E-state index in [-0.39, 0.29) is 0 Å². The van der Waals surface area contributed by atoms with Gasteiger partial charge in [0.1, 0.15) is 17.2 Å².